The zero-order valence-electron chi connectivity index (χ0n) is 11.0. The van der Waals surface area contributed by atoms with Crippen molar-refractivity contribution in [1.29, 1.82) is 0 Å². The van der Waals surface area contributed by atoms with E-state index < -0.39 is 0 Å². The van der Waals surface area contributed by atoms with Gasteiger partial charge in [0.05, 0.1) is 26.1 Å². The van der Waals surface area contributed by atoms with Gasteiger partial charge in [-0.3, -0.25) is 9.59 Å². The molecule has 1 aromatic rings. The van der Waals surface area contributed by atoms with Gasteiger partial charge in [0.25, 0.3) is 0 Å². The standard InChI is InChI=1S/C13H19NO4S/c1-2-18-13(17)5-6-14(7-8-15)12(16)10-11-4-3-9-19-11/h3-4,9,15H,2,5-8,10H2,1H3. The van der Waals surface area contributed by atoms with Gasteiger partial charge in [0.1, 0.15) is 0 Å². The first-order chi connectivity index (χ1) is 9.17. The summed E-state index contributed by atoms with van der Waals surface area (Å²) >= 11 is 1.52. The molecule has 19 heavy (non-hydrogen) atoms. The van der Waals surface area contributed by atoms with Crippen molar-refractivity contribution in [2.24, 2.45) is 0 Å². The van der Waals surface area contributed by atoms with Crippen LogP contribution >= 0.6 is 11.3 Å². The molecular weight excluding hydrogens is 266 g/mol. The highest BCUT2D eigenvalue weighted by Crippen LogP contribution is 2.11. The third kappa shape index (κ3) is 5.85. The summed E-state index contributed by atoms with van der Waals surface area (Å²) in [6.45, 7) is 2.49. The Morgan fingerprint density at radius 1 is 1.42 bits per heavy atom. The van der Waals surface area contributed by atoms with E-state index in [9.17, 15) is 9.59 Å². The summed E-state index contributed by atoms with van der Waals surface area (Å²) in [6, 6.07) is 3.79. The Bertz CT molecular complexity index is 391. The van der Waals surface area contributed by atoms with E-state index in [1.54, 1.807) is 6.92 Å². The van der Waals surface area contributed by atoms with E-state index in [1.165, 1.54) is 16.2 Å². The van der Waals surface area contributed by atoms with Gasteiger partial charge in [-0.15, -0.1) is 11.3 Å². The molecule has 1 N–H and O–H groups in total. The summed E-state index contributed by atoms with van der Waals surface area (Å²) in [7, 11) is 0. The van der Waals surface area contributed by atoms with Gasteiger partial charge in [-0.1, -0.05) is 6.07 Å². The molecule has 0 spiro atoms. The predicted molar refractivity (Wildman–Crippen MR) is 72.9 cm³/mol. The van der Waals surface area contributed by atoms with Gasteiger partial charge in [-0.2, -0.15) is 0 Å². The monoisotopic (exact) mass is 285 g/mol. The second kappa shape index (κ2) is 8.66. The maximum atomic E-state index is 12.0. The number of aliphatic hydroxyl groups is 1. The van der Waals surface area contributed by atoms with E-state index in [-0.39, 0.29) is 38.0 Å². The molecule has 0 fully saturated rings. The van der Waals surface area contributed by atoms with Crippen molar-refractivity contribution in [3.63, 3.8) is 0 Å². The van der Waals surface area contributed by atoms with Crippen LogP contribution in [-0.2, 0) is 20.7 Å². The molecule has 0 aromatic carbocycles. The average Bonchev–Trinajstić information content (AvgIpc) is 2.87. The lowest BCUT2D eigenvalue weighted by atomic mass is 10.3. The number of aliphatic hydroxyl groups excluding tert-OH is 1. The molecule has 0 saturated heterocycles. The van der Waals surface area contributed by atoms with E-state index in [0.29, 0.717) is 13.0 Å². The zero-order chi connectivity index (χ0) is 14.1. The minimum atomic E-state index is -0.325. The smallest absolute Gasteiger partial charge is 0.307 e. The Kier molecular flexibility index (Phi) is 7.14. The third-order valence-corrected chi connectivity index (χ3v) is 3.40. The van der Waals surface area contributed by atoms with Crippen LogP contribution in [0.3, 0.4) is 0 Å². The van der Waals surface area contributed by atoms with Crippen LogP contribution in [0.1, 0.15) is 18.2 Å². The number of rotatable bonds is 8. The molecule has 6 heteroatoms. The minimum Gasteiger partial charge on any atom is -0.466 e. The molecule has 0 unspecified atom stereocenters. The summed E-state index contributed by atoms with van der Waals surface area (Å²) in [6.07, 6.45) is 0.463. The highest BCUT2D eigenvalue weighted by molar-refractivity contribution is 7.10. The SMILES string of the molecule is CCOC(=O)CCN(CCO)C(=O)Cc1cccs1. The van der Waals surface area contributed by atoms with Gasteiger partial charge in [0, 0.05) is 18.0 Å². The number of nitrogens with zero attached hydrogens (tertiary/aromatic N) is 1. The molecule has 0 aliphatic heterocycles. The van der Waals surface area contributed by atoms with Gasteiger partial charge in [-0.25, -0.2) is 0 Å². The molecule has 0 bridgehead atoms. The van der Waals surface area contributed by atoms with Crippen LogP contribution in [0.15, 0.2) is 17.5 Å². The van der Waals surface area contributed by atoms with Crippen LogP contribution in [0, 0.1) is 0 Å². The lowest BCUT2D eigenvalue weighted by Gasteiger charge is -2.21. The maximum absolute atomic E-state index is 12.0. The Morgan fingerprint density at radius 2 is 2.21 bits per heavy atom. The Balaban J connectivity index is 2.46. The van der Waals surface area contributed by atoms with E-state index in [4.69, 9.17) is 9.84 Å². The fourth-order valence-electron chi connectivity index (χ4n) is 1.62. The number of thiophene rings is 1. The molecular formula is C13H19NO4S. The van der Waals surface area contributed by atoms with Crippen molar-refractivity contribution in [1.82, 2.24) is 4.90 Å². The fourth-order valence-corrected chi connectivity index (χ4v) is 2.31. The molecule has 0 aliphatic carbocycles. The Hall–Kier alpha value is -1.40. The third-order valence-electron chi connectivity index (χ3n) is 2.52. The maximum Gasteiger partial charge on any atom is 0.307 e. The molecule has 1 amide bonds. The second-order valence-corrected chi connectivity index (χ2v) is 4.95. The number of hydrogen-bond donors (Lipinski definition) is 1. The average molecular weight is 285 g/mol. The molecule has 0 radical (unpaired) electrons. The van der Waals surface area contributed by atoms with Crippen molar-refractivity contribution in [3.05, 3.63) is 22.4 Å². The van der Waals surface area contributed by atoms with Crippen LogP contribution in [0.5, 0.6) is 0 Å². The number of carbonyl (C=O) groups excluding carboxylic acids is 2. The number of carbonyl (C=O) groups is 2. The molecule has 1 heterocycles. The second-order valence-electron chi connectivity index (χ2n) is 3.92. The lowest BCUT2D eigenvalue weighted by molar-refractivity contribution is -0.144. The van der Waals surface area contributed by atoms with Gasteiger partial charge >= 0.3 is 5.97 Å². The summed E-state index contributed by atoms with van der Waals surface area (Å²) in [5, 5.41) is 10.9. The minimum absolute atomic E-state index is 0.0826. The predicted octanol–water partition coefficient (Wildman–Crippen LogP) is 1.06. The molecule has 5 nitrogen and oxygen atoms in total. The van der Waals surface area contributed by atoms with E-state index >= 15 is 0 Å². The van der Waals surface area contributed by atoms with E-state index in [2.05, 4.69) is 0 Å². The Labute approximate surface area is 116 Å². The van der Waals surface area contributed by atoms with Crippen molar-refractivity contribution in [2.75, 3.05) is 26.3 Å². The van der Waals surface area contributed by atoms with E-state index in [1.807, 2.05) is 17.5 Å². The van der Waals surface area contributed by atoms with Crippen LogP contribution in [0.4, 0.5) is 0 Å². The highest BCUT2D eigenvalue weighted by Gasteiger charge is 2.15. The van der Waals surface area contributed by atoms with Crippen LogP contribution in [0.25, 0.3) is 0 Å². The fraction of sp³-hybridized carbons (Fsp3) is 0.538. The van der Waals surface area contributed by atoms with Crippen molar-refractivity contribution in [3.8, 4) is 0 Å². The van der Waals surface area contributed by atoms with Crippen molar-refractivity contribution >= 4 is 23.2 Å². The van der Waals surface area contributed by atoms with Crippen LogP contribution < -0.4 is 0 Å². The lowest BCUT2D eigenvalue weighted by Crippen LogP contribution is -2.36. The Morgan fingerprint density at radius 3 is 2.79 bits per heavy atom. The van der Waals surface area contributed by atoms with Crippen LogP contribution in [0.2, 0.25) is 0 Å². The first-order valence-corrected chi connectivity index (χ1v) is 7.12. The quantitative estimate of drug-likeness (QED) is 0.725. The zero-order valence-corrected chi connectivity index (χ0v) is 11.8. The normalized spacial score (nSPS) is 10.2. The number of esters is 1. The summed E-state index contributed by atoms with van der Waals surface area (Å²) in [5.74, 6) is -0.407. The first kappa shape index (κ1) is 15.7. The van der Waals surface area contributed by atoms with Crippen molar-refractivity contribution in [2.45, 2.75) is 19.8 Å². The summed E-state index contributed by atoms with van der Waals surface area (Å²) < 4.78 is 4.82. The van der Waals surface area contributed by atoms with Crippen LogP contribution in [-0.4, -0.2) is 48.2 Å². The first-order valence-electron chi connectivity index (χ1n) is 6.24. The van der Waals surface area contributed by atoms with Crippen molar-refractivity contribution < 1.29 is 19.4 Å². The topological polar surface area (TPSA) is 66.8 Å². The van der Waals surface area contributed by atoms with Gasteiger partial charge in [0.2, 0.25) is 5.91 Å². The van der Waals surface area contributed by atoms with Gasteiger partial charge < -0.3 is 14.7 Å². The molecule has 1 aromatic heterocycles. The highest BCUT2D eigenvalue weighted by atomic mass is 32.1. The number of ether oxygens (including phenoxy) is 1. The molecule has 1 rings (SSSR count). The molecule has 0 saturated carbocycles. The molecule has 106 valence electrons. The molecule has 0 aliphatic rings. The largest absolute Gasteiger partial charge is 0.466 e. The molecule has 0 atom stereocenters. The number of hydrogen-bond acceptors (Lipinski definition) is 5. The number of amides is 1. The van der Waals surface area contributed by atoms with Gasteiger partial charge in [-0.05, 0) is 18.4 Å². The summed E-state index contributed by atoms with van der Waals surface area (Å²) in [4.78, 5) is 25.8. The van der Waals surface area contributed by atoms with Gasteiger partial charge in [0.15, 0.2) is 0 Å². The van der Waals surface area contributed by atoms with E-state index in [0.717, 1.165) is 4.88 Å². The summed E-state index contributed by atoms with van der Waals surface area (Å²) in [5.41, 5.74) is 0.